The van der Waals surface area contributed by atoms with Crippen molar-refractivity contribution in [3.63, 3.8) is 0 Å². The number of hydrogen-bond donors (Lipinski definition) is 3. The monoisotopic (exact) mass is 210 g/mol. The number of aromatic nitrogens is 3. The third kappa shape index (κ3) is 1.10. The molecule has 0 bridgehead atoms. The summed E-state index contributed by atoms with van der Waals surface area (Å²) in [5, 5.41) is 9.45. The number of aryl methyl sites for hydroxylation is 1. The van der Waals surface area contributed by atoms with E-state index in [-0.39, 0.29) is 5.95 Å². The van der Waals surface area contributed by atoms with Gasteiger partial charge in [0.1, 0.15) is 0 Å². The van der Waals surface area contributed by atoms with Crippen molar-refractivity contribution in [1.82, 2.24) is 14.9 Å². The van der Waals surface area contributed by atoms with Crippen LogP contribution in [0.1, 0.15) is 5.56 Å². The molecule has 0 spiro atoms. The van der Waals surface area contributed by atoms with Crippen LogP contribution < -0.4 is 17.3 Å². The molecule has 2 aromatic heterocycles. The smallest absolute Gasteiger partial charge is 0.241 e. The van der Waals surface area contributed by atoms with E-state index in [1.165, 1.54) is 16.0 Å². The van der Waals surface area contributed by atoms with Crippen molar-refractivity contribution in [2.75, 3.05) is 17.3 Å². The standard InChI is InChI=1S/C7H10N6S/c1-3-2-14-5(4(3)8)6-11-12-7(9)13(6)10/h2H,8,10H2,1H3,(H2,9,12). The normalized spacial score (nSPS) is 10.6. The molecular formula is C7H10N6S. The van der Waals surface area contributed by atoms with Gasteiger partial charge in [0, 0.05) is 0 Å². The van der Waals surface area contributed by atoms with Gasteiger partial charge in [0.2, 0.25) is 5.95 Å². The van der Waals surface area contributed by atoms with E-state index in [4.69, 9.17) is 17.3 Å². The molecule has 0 aliphatic heterocycles. The van der Waals surface area contributed by atoms with Crippen molar-refractivity contribution in [1.29, 1.82) is 0 Å². The van der Waals surface area contributed by atoms with Crippen LogP contribution in [0.5, 0.6) is 0 Å². The van der Waals surface area contributed by atoms with Crippen LogP contribution in [0.15, 0.2) is 5.38 Å². The Balaban J connectivity index is 2.60. The summed E-state index contributed by atoms with van der Waals surface area (Å²) in [5.74, 6) is 6.30. The second-order valence-electron chi connectivity index (χ2n) is 2.91. The molecule has 74 valence electrons. The van der Waals surface area contributed by atoms with Gasteiger partial charge in [-0.05, 0) is 17.9 Å². The Hall–Kier alpha value is -1.76. The van der Waals surface area contributed by atoms with E-state index in [0.29, 0.717) is 11.5 Å². The third-order valence-corrected chi connectivity index (χ3v) is 3.06. The predicted octanol–water partition coefficient (Wildman–Crippen LogP) is 0.193. The summed E-state index contributed by atoms with van der Waals surface area (Å²) < 4.78 is 1.22. The first-order valence-electron chi connectivity index (χ1n) is 3.91. The van der Waals surface area contributed by atoms with Crippen molar-refractivity contribution in [3.8, 4) is 10.7 Å². The van der Waals surface area contributed by atoms with Gasteiger partial charge >= 0.3 is 0 Å². The topological polar surface area (TPSA) is 109 Å². The zero-order valence-corrected chi connectivity index (χ0v) is 8.38. The van der Waals surface area contributed by atoms with Gasteiger partial charge in [-0.25, -0.2) is 4.68 Å². The number of nitrogen functional groups attached to an aromatic ring is 3. The average Bonchev–Trinajstić information content (AvgIpc) is 2.63. The molecule has 7 heteroatoms. The molecule has 0 aliphatic rings. The molecule has 0 unspecified atom stereocenters. The molecule has 2 aromatic rings. The summed E-state index contributed by atoms with van der Waals surface area (Å²) >= 11 is 1.47. The van der Waals surface area contributed by atoms with Crippen molar-refractivity contribution in [2.45, 2.75) is 6.92 Å². The molecule has 0 atom stereocenters. The van der Waals surface area contributed by atoms with E-state index in [9.17, 15) is 0 Å². The summed E-state index contributed by atoms with van der Waals surface area (Å²) in [6.07, 6.45) is 0. The van der Waals surface area contributed by atoms with Gasteiger partial charge in [-0.2, -0.15) is 0 Å². The predicted molar refractivity (Wildman–Crippen MR) is 57.0 cm³/mol. The zero-order chi connectivity index (χ0) is 10.3. The lowest BCUT2D eigenvalue weighted by Crippen LogP contribution is -2.13. The van der Waals surface area contributed by atoms with E-state index in [2.05, 4.69) is 10.2 Å². The first kappa shape index (κ1) is 8.82. The molecule has 0 radical (unpaired) electrons. The number of hydrogen-bond acceptors (Lipinski definition) is 6. The van der Waals surface area contributed by atoms with Gasteiger partial charge in [0.05, 0.1) is 10.6 Å². The van der Waals surface area contributed by atoms with Gasteiger partial charge in [0.25, 0.3) is 0 Å². The minimum absolute atomic E-state index is 0.172. The molecule has 6 nitrogen and oxygen atoms in total. The highest BCUT2D eigenvalue weighted by molar-refractivity contribution is 7.14. The van der Waals surface area contributed by atoms with Crippen LogP contribution in [-0.4, -0.2) is 14.9 Å². The Morgan fingerprint density at radius 2 is 2.07 bits per heavy atom. The van der Waals surface area contributed by atoms with Gasteiger partial charge in [-0.15, -0.1) is 21.5 Å². The largest absolute Gasteiger partial charge is 0.397 e. The molecule has 2 heterocycles. The number of rotatable bonds is 1. The quantitative estimate of drug-likeness (QED) is 0.582. The van der Waals surface area contributed by atoms with Crippen molar-refractivity contribution < 1.29 is 0 Å². The first-order valence-corrected chi connectivity index (χ1v) is 4.79. The average molecular weight is 210 g/mol. The van der Waals surface area contributed by atoms with E-state index in [1.807, 2.05) is 12.3 Å². The highest BCUT2D eigenvalue weighted by Gasteiger charge is 2.14. The molecule has 0 fully saturated rings. The van der Waals surface area contributed by atoms with Gasteiger partial charge < -0.3 is 17.3 Å². The molecule has 0 aliphatic carbocycles. The number of nitrogens with two attached hydrogens (primary N) is 3. The van der Waals surface area contributed by atoms with E-state index < -0.39 is 0 Å². The molecule has 6 N–H and O–H groups in total. The molecule has 14 heavy (non-hydrogen) atoms. The Bertz CT molecular complexity index is 426. The molecule has 0 saturated carbocycles. The van der Waals surface area contributed by atoms with Gasteiger partial charge in [-0.1, -0.05) is 0 Å². The summed E-state index contributed by atoms with van der Waals surface area (Å²) in [6, 6.07) is 0. The summed E-state index contributed by atoms with van der Waals surface area (Å²) in [7, 11) is 0. The minimum Gasteiger partial charge on any atom is -0.397 e. The highest BCUT2D eigenvalue weighted by Crippen LogP contribution is 2.33. The molecule has 2 rings (SSSR count). The Morgan fingerprint density at radius 3 is 2.50 bits per heavy atom. The van der Waals surface area contributed by atoms with Crippen molar-refractivity contribution in [3.05, 3.63) is 10.9 Å². The second-order valence-corrected chi connectivity index (χ2v) is 3.79. The maximum atomic E-state index is 5.85. The summed E-state index contributed by atoms with van der Waals surface area (Å²) in [4.78, 5) is 0.800. The Labute approximate surface area is 84.3 Å². The van der Waals surface area contributed by atoms with Gasteiger partial charge in [0.15, 0.2) is 5.82 Å². The van der Waals surface area contributed by atoms with Crippen LogP contribution in [0.25, 0.3) is 10.7 Å². The molecule has 0 saturated heterocycles. The van der Waals surface area contributed by atoms with Crippen LogP contribution in [0.3, 0.4) is 0 Å². The number of nitrogens with zero attached hydrogens (tertiary/aromatic N) is 3. The number of thiophene rings is 1. The van der Waals surface area contributed by atoms with Gasteiger partial charge in [-0.3, -0.25) is 0 Å². The third-order valence-electron chi connectivity index (χ3n) is 1.95. The highest BCUT2D eigenvalue weighted by atomic mass is 32.1. The fourth-order valence-corrected chi connectivity index (χ4v) is 2.04. The van der Waals surface area contributed by atoms with E-state index in [0.717, 1.165) is 10.4 Å². The Morgan fingerprint density at radius 1 is 1.36 bits per heavy atom. The first-order chi connectivity index (χ1) is 6.61. The lowest BCUT2D eigenvalue weighted by Gasteiger charge is -1.99. The van der Waals surface area contributed by atoms with Crippen LogP contribution in [0.4, 0.5) is 11.6 Å². The van der Waals surface area contributed by atoms with Crippen molar-refractivity contribution in [2.24, 2.45) is 0 Å². The van der Waals surface area contributed by atoms with Crippen molar-refractivity contribution >= 4 is 23.0 Å². The lowest BCUT2D eigenvalue weighted by molar-refractivity contribution is 1.03. The SMILES string of the molecule is Cc1csc(-c2nnc(N)n2N)c1N. The fourth-order valence-electron chi connectivity index (χ4n) is 1.08. The summed E-state index contributed by atoms with van der Waals surface area (Å²) in [6.45, 7) is 1.93. The molecular weight excluding hydrogens is 200 g/mol. The molecule has 0 amide bonds. The maximum absolute atomic E-state index is 5.85. The van der Waals surface area contributed by atoms with Crippen LogP contribution in [0.2, 0.25) is 0 Å². The van der Waals surface area contributed by atoms with E-state index >= 15 is 0 Å². The lowest BCUT2D eigenvalue weighted by atomic mass is 10.3. The van der Waals surface area contributed by atoms with E-state index in [1.54, 1.807) is 0 Å². The zero-order valence-electron chi connectivity index (χ0n) is 7.56. The maximum Gasteiger partial charge on any atom is 0.241 e. The van der Waals surface area contributed by atoms with Crippen LogP contribution in [0, 0.1) is 6.92 Å². The number of anilines is 2. The van der Waals surface area contributed by atoms with Crippen LogP contribution in [-0.2, 0) is 0 Å². The molecule has 0 aromatic carbocycles. The fraction of sp³-hybridized carbons (Fsp3) is 0.143. The summed E-state index contributed by atoms with van der Waals surface area (Å²) in [5.41, 5.74) is 13.0. The Kier molecular flexibility index (Phi) is 1.81. The second kappa shape index (κ2) is 2.88. The van der Waals surface area contributed by atoms with Crippen LogP contribution >= 0.6 is 11.3 Å². The minimum atomic E-state index is 0.172.